The van der Waals surface area contributed by atoms with Crippen LogP contribution >= 0.6 is 0 Å². The molecule has 0 saturated carbocycles. The molecule has 1 aromatic heterocycles. The highest BCUT2D eigenvalue weighted by atomic mass is 16.5. The molecule has 0 amide bonds. The zero-order chi connectivity index (χ0) is 13.4. The van der Waals surface area contributed by atoms with Crippen LogP contribution in [0.2, 0.25) is 0 Å². The van der Waals surface area contributed by atoms with E-state index >= 15 is 0 Å². The summed E-state index contributed by atoms with van der Waals surface area (Å²) in [5.74, 6) is 1.43. The fraction of sp³-hybridized carbons (Fsp3) is 0.467. The van der Waals surface area contributed by atoms with E-state index in [9.17, 15) is 0 Å². The number of nitrogens with zero attached hydrogens (tertiary/aromatic N) is 2. The highest BCUT2D eigenvalue weighted by Gasteiger charge is 2.27. The molecule has 1 fully saturated rings. The second-order valence-electron chi connectivity index (χ2n) is 5.45. The molecule has 0 aliphatic carbocycles. The SMILES string of the molecule is c1ccc2c(c1)C[C@@H](c1nc(CC3CCCO3)no1)N2. The van der Waals surface area contributed by atoms with E-state index in [1.54, 1.807) is 0 Å². The minimum atomic E-state index is 0.0955. The zero-order valence-electron chi connectivity index (χ0n) is 11.2. The number of hydrogen-bond acceptors (Lipinski definition) is 5. The maximum Gasteiger partial charge on any atom is 0.249 e. The van der Waals surface area contributed by atoms with Gasteiger partial charge < -0.3 is 14.6 Å². The third kappa shape index (κ3) is 2.18. The quantitative estimate of drug-likeness (QED) is 0.929. The minimum absolute atomic E-state index is 0.0955. The number of benzene rings is 1. The molecule has 1 N–H and O–H groups in total. The van der Waals surface area contributed by atoms with Crippen LogP contribution in [0.3, 0.4) is 0 Å². The lowest BCUT2D eigenvalue weighted by Gasteiger charge is -2.05. The molecule has 0 radical (unpaired) electrons. The normalized spacial score (nSPS) is 24.6. The molecule has 4 rings (SSSR count). The lowest BCUT2D eigenvalue weighted by atomic mass is 10.1. The standard InChI is InChI=1S/C15H17N3O2/c1-2-6-12-10(4-1)8-13(16-12)15-17-14(18-20-15)9-11-5-3-7-19-11/h1-2,4,6,11,13,16H,3,5,7-9H2/t11?,13-/m0/s1. The van der Waals surface area contributed by atoms with Gasteiger partial charge in [-0.05, 0) is 24.5 Å². The summed E-state index contributed by atoms with van der Waals surface area (Å²) in [6.07, 6.45) is 4.14. The summed E-state index contributed by atoms with van der Waals surface area (Å²) in [7, 11) is 0. The predicted molar refractivity (Wildman–Crippen MR) is 73.5 cm³/mol. The Hall–Kier alpha value is -1.88. The van der Waals surface area contributed by atoms with Crippen LogP contribution in [0.1, 0.15) is 36.2 Å². The summed E-state index contributed by atoms with van der Waals surface area (Å²) >= 11 is 0. The van der Waals surface area contributed by atoms with Gasteiger partial charge in [0.05, 0.1) is 6.10 Å². The van der Waals surface area contributed by atoms with Crippen molar-refractivity contribution in [3.63, 3.8) is 0 Å². The van der Waals surface area contributed by atoms with Gasteiger partial charge in [-0.25, -0.2) is 0 Å². The number of ether oxygens (including phenoxy) is 1. The van der Waals surface area contributed by atoms with Gasteiger partial charge in [0.2, 0.25) is 5.89 Å². The van der Waals surface area contributed by atoms with Crippen molar-refractivity contribution in [1.29, 1.82) is 0 Å². The summed E-state index contributed by atoms with van der Waals surface area (Å²) in [5, 5.41) is 7.51. The van der Waals surface area contributed by atoms with Crippen LogP contribution in [0.15, 0.2) is 28.8 Å². The van der Waals surface area contributed by atoms with E-state index in [2.05, 4.69) is 33.7 Å². The summed E-state index contributed by atoms with van der Waals surface area (Å²) < 4.78 is 11.0. The Morgan fingerprint density at radius 2 is 2.25 bits per heavy atom. The van der Waals surface area contributed by atoms with Gasteiger partial charge in [-0.2, -0.15) is 4.98 Å². The van der Waals surface area contributed by atoms with Crippen molar-refractivity contribution in [3.8, 4) is 0 Å². The molecule has 2 aliphatic rings. The van der Waals surface area contributed by atoms with Crippen LogP contribution in [-0.4, -0.2) is 22.9 Å². The molecule has 20 heavy (non-hydrogen) atoms. The van der Waals surface area contributed by atoms with Gasteiger partial charge in [0, 0.05) is 25.1 Å². The Kier molecular flexibility index (Phi) is 2.92. The molecule has 5 nitrogen and oxygen atoms in total. The smallest absolute Gasteiger partial charge is 0.249 e. The summed E-state index contributed by atoms with van der Waals surface area (Å²) in [5.41, 5.74) is 2.47. The first-order valence-electron chi connectivity index (χ1n) is 7.17. The van der Waals surface area contributed by atoms with Gasteiger partial charge in [0.25, 0.3) is 0 Å². The van der Waals surface area contributed by atoms with E-state index in [-0.39, 0.29) is 12.1 Å². The first-order valence-corrected chi connectivity index (χ1v) is 7.17. The summed E-state index contributed by atoms with van der Waals surface area (Å²) in [6, 6.07) is 8.40. The molecule has 1 saturated heterocycles. The van der Waals surface area contributed by atoms with Gasteiger partial charge in [-0.3, -0.25) is 0 Å². The molecule has 2 atom stereocenters. The van der Waals surface area contributed by atoms with Gasteiger partial charge >= 0.3 is 0 Å². The fourth-order valence-electron chi connectivity index (χ4n) is 2.95. The first-order chi connectivity index (χ1) is 9.88. The second kappa shape index (κ2) is 4.90. The molecule has 5 heteroatoms. The summed E-state index contributed by atoms with van der Waals surface area (Å²) in [6.45, 7) is 0.856. The van der Waals surface area contributed by atoms with Crippen LogP contribution in [-0.2, 0) is 17.6 Å². The first kappa shape index (κ1) is 11.9. The van der Waals surface area contributed by atoms with E-state index in [4.69, 9.17) is 9.26 Å². The largest absolute Gasteiger partial charge is 0.378 e. The Balaban J connectivity index is 1.46. The van der Waals surface area contributed by atoms with Crippen LogP contribution < -0.4 is 5.32 Å². The number of hydrogen-bond donors (Lipinski definition) is 1. The lowest BCUT2D eigenvalue weighted by molar-refractivity contribution is 0.109. The van der Waals surface area contributed by atoms with Crippen LogP contribution in [0.5, 0.6) is 0 Å². The Labute approximate surface area is 117 Å². The van der Waals surface area contributed by atoms with Crippen molar-refractivity contribution < 1.29 is 9.26 Å². The van der Waals surface area contributed by atoms with Crippen LogP contribution in [0, 0.1) is 0 Å². The second-order valence-corrected chi connectivity index (χ2v) is 5.45. The minimum Gasteiger partial charge on any atom is -0.378 e. The molecular weight excluding hydrogens is 254 g/mol. The van der Waals surface area contributed by atoms with Gasteiger partial charge in [-0.1, -0.05) is 23.4 Å². The number of rotatable bonds is 3. The maximum atomic E-state index is 5.60. The number of para-hydroxylation sites is 1. The summed E-state index contributed by atoms with van der Waals surface area (Å²) in [4.78, 5) is 4.52. The maximum absolute atomic E-state index is 5.60. The average molecular weight is 271 g/mol. The Bertz CT molecular complexity index is 580. The van der Waals surface area contributed by atoms with E-state index in [0.29, 0.717) is 5.89 Å². The third-order valence-corrected chi connectivity index (χ3v) is 3.99. The van der Waals surface area contributed by atoms with Gasteiger partial charge in [0.1, 0.15) is 6.04 Å². The van der Waals surface area contributed by atoms with E-state index < -0.39 is 0 Å². The molecule has 1 unspecified atom stereocenters. The van der Waals surface area contributed by atoms with E-state index in [1.165, 1.54) is 5.56 Å². The highest BCUT2D eigenvalue weighted by molar-refractivity contribution is 5.56. The fourth-order valence-corrected chi connectivity index (χ4v) is 2.95. The average Bonchev–Trinajstić information content (AvgIpc) is 3.18. The molecule has 0 spiro atoms. The molecule has 3 heterocycles. The number of anilines is 1. The van der Waals surface area contributed by atoms with Crippen molar-refractivity contribution in [2.75, 3.05) is 11.9 Å². The monoisotopic (exact) mass is 271 g/mol. The number of nitrogens with one attached hydrogen (secondary N) is 1. The van der Waals surface area contributed by atoms with Gasteiger partial charge in [-0.15, -0.1) is 0 Å². The third-order valence-electron chi connectivity index (χ3n) is 3.99. The number of fused-ring (bicyclic) bond motifs is 1. The lowest BCUT2D eigenvalue weighted by Crippen LogP contribution is -2.10. The van der Waals surface area contributed by atoms with E-state index in [1.807, 2.05) is 6.07 Å². The Morgan fingerprint density at radius 3 is 3.10 bits per heavy atom. The predicted octanol–water partition coefficient (Wildman–Crippen LogP) is 2.50. The van der Waals surface area contributed by atoms with E-state index in [0.717, 1.165) is 43.8 Å². The molecular formula is C15H17N3O2. The van der Waals surface area contributed by atoms with Crippen molar-refractivity contribution in [2.45, 2.75) is 37.8 Å². The highest BCUT2D eigenvalue weighted by Crippen LogP contribution is 2.33. The number of aromatic nitrogens is 2. The van der Waals surface area contributed by atoms with Crippen molar-refractivity contribution in [1.82, 2.24) is 10.1 Å². The van der Waals surface area contributed by atoms with Gasteiger partial charge in [0.15, 0.2) is 5.82 Å². The molecule has 104 valence electrons. The van der Waals surface area contributed by atoms with Crippen molar-refractivity contribution >= 4 is 5.69 Å². The zero-order valence-corrected chi connectivity index (χ0v) is 11.2. The topological polar surface area (TPSA) is 60.2 Å². The molecule has 0 bridgehead atoms. The van der Waals surface area contributed by atoms with Crippen LogP contribution in [0.25, 0.3) is 0 Å². The molecule has 2 aliphatic heterocycles. The van der Waals surface area contributed by atoms with Crippen LogP contribution in [0.4, 0.5) is 5.69 Å². The van der Waals surface area contributed by atoms with Crippen molar-refractivity contribution in [3.05, 3.63) is 41.5 Å². The van der Waals surface area contributed by atoms with Crippen molar-refractivity contribution in [2.24, 2.45) is 0 Å². The Morgan fingerprint density at radius 1 is 1.30 bits per heavy atom. The molecule has 2 aromatic rings. The molecule has 1 aromatic carbocycles.